The zero-order valence-corrected chi connectivity index (χ0v) is 23.7. The minimum atomic E-state index is -0.625. The third-order valence-corrected chi connectivity index (χ3v) is 7.33. The van der Waals surface area contributed by atoms with Gasteiger partial charge >= 0.3 is 0 Å². The molecule has 0 aliphatic heterocycles. The van der Waals surface area contributed by atoms with E-state index in [0.29, 0.717) is 11.3 Å². The number of amides is 3. The van der Waals surface area contributed by atoms with Crippen molar-refractivity contribution in [1.29, 1.82) is 0 Å². The average Bonchev–Trinajstić information content (AvgIpc) is 2.96. The second-order valence-electron chi connectivity index (χ2n) is 9.40. The molecule has 3 N–H and O–H groups in total. The summed E-state index contributed by atoms with van der Waals surface area (Å²) in [4.78, 5) is 39.8. The first-order valence-electron chi connectivity index (χ1n) is 13.0. The summed E-state index contributed by atoms with van der Waals surface area (Å²) in [6.07, 6.45) is 1.30. The van der Waals surface area contributed by atoms with E-state index in [-0.39, 0.29) is 17.2 Å². The number of para-hydroxylation sites is 1. The lowest BCUT2D eigenvalue weighted by Gasteiger charge is -2.16. The smallest absolute Gasteiger partial charge is 0.272 e. The Morgan fingerprint density at radius 1 is 0.805 bits per heavy atom. The van der Waals surface area contributed by atoms with Crippen molar-refractivity contribution in [1.82, 2.24) is 5.32 Å². The van der Waals surface area contributed by atoms with Gasteiger partial charge in [-0.05, 0) is 74.4 Å². The standard InChI is InChI=1S/C33H30FN3O3S/c1-21-11-9-12-22(2)30(21)37-31(38)23(3)41-27-17-10-16-26(20-27)35-33(40)29(19-25-15-7-8-18-28(25)34)36-32(39)24-13-5-4-6-14-24/h4-20,23H,1-3H3,(H,35,40)(H,36,39)(H,37,38)/b29-19-. The van der Waals surface area contributed by atoms with Crippen LogP contribution in [0.15, 0.2) is 108 Å². The fourth-order valence-corrected chi connectivity index (χ4v) is 4.96. The molecule has 0 saturated heterocycles. The number of thioether (sulfide) groups is 1. The number of hydrogen-bond acceptors (Lipinski definition) is 4. The predicted molar refractivity (Wildman–Crippen MR) is 163 cm³/mol. The quantitative estimate of drug-likeness (QED) is 0.151. The molecule has 8 heteroatoms. The highest BCUT2D eigenvalue weighted by molar-refractivity contribution is 8.00. The lowest BCUT2D eigenvalue weighted by molar-refractivity contribution is -0.115. The van der Waals surface area contributed by atoms with Crippen molar-refractivity contribution in [2.24, 2.45) is 0 Å². The third-order valence-electron chi connectivity index (χ3n) is 6.24. The molecule has 4 aromatic rings. The molecular weight excluding hydrogens is 537 g/mol. The van der Waals surface area contributed by atoms with Gasteiger partial charge in [-0.1, -0.05) is 60.7 Å². The fraction of sp³-hybridized carbons (Fsp3) is 0.121. The predicted octanol–water partition coefficient (Wildman–Crippen LogP) is 6.97. The summed E-state index contributed by atoms with van der Waals surface area (Å²) in [6.45, 7) is 5.71. The topological polar surface area (TPSA) is 87.3 Å². The van der Waals surface area contributed by atoms with E-state index < -0.39 is 22.9 Å². The molecule has 0 fully saturated rings. The van der Waals surface area contributed by atoms with Gasteiger partial charge in [0.1, 0.15) is 11.5 Å². The first-order chi connectivity index (χ1) is 19.7. The zero-order valence-electron chi connectivity index (χ0n) is 22.9. The number of anilines is 2. The highest BCUT2D eigenvalue weighted by Gasteiger charge is 2.18. The number of nitrogens with one attached hydrogen (secondary N) is 3. The van der Waals surface area contributed by atoms with Crippen LogP contribution in [-0.4, -0.2) is 23.0 Å². The van der Waals surface area contributed by atoms with Crippen LogP contribution in [0, 0.1) is 19.7 Å². The molecule has 0 spiro atoms. The van der Waals surface area contributed by atoms with Gasteiger partial charge in [0.2, 0.25) is 5.91 Å². The van der Waals surface area contributed by atoms with Gasteiger partial charge in [0, 0.05) is 27.4 Å². The van der Waals surface area contributed by atoms with E-state index in [1.165, 1.54) is 30.0 Å². The molecule has 208 valence electrons. The number of halogens is 1. The Labute approximate surface area is 243 Å². The monoisotopic (exact) mass is 567 g/mol. The van der Waals surface area contributed by atoms with E-state index in [2.05, 4.69) is 16.0 Å². The van der Waals surface area contributed by atoms with Gasteiger partial charge in [-0.15, -0.1) is 11.8 Å². The van der Waals surface area contributed by atoms with Crippen LogP contribution in [0.5, 0.6) is 0 Å². The van der Waals surface area contributed by atoms with Gasteiger partial charge in [-0.3, -0.25) is 14.4 Å². The molecule has 0 bridgehead atoms. The number of carbonyl (C=O) groups is 3. The molecule has 4 rings (SSSR count). The molecule has 1 unspecified atom stereocenters. The number of hydrogen-bond donors (Lipinski definition) is 3. The van der Waals surface area contributed by atoms with Gasteiger partial charge in [-0.2, -0.15) is 0 Å². The first-order valence-corrected chi connectivity index (χ1v) is 13.9. The Bertz CT molecular complexity index is 1580. The van der Waals surface area contributed by atoms with Crippen molar-refractivity contribution in [3.63, 3.8) is 0 Å². The number of benzene rings is 4. The Balaban J connectivity index is 1.49. The highest BCUT2D eigenvalue weighted by Crippen LogP contribution is 2.28. The van der Waals surface area contributed by atoms with Crippen molar-refractivity contribution in [3.05, 3.63) is 131 Å². The molecule has 0 aromatic heterocycles. The molecule has 0 heterocycles. The van der Waals surface area contributed by atoms with Crippen LogP contribution in [0.1, 0.15) is 34.0 Å². The Hall–Kier alpha value is -4.69. The van der Waals surface area contributed by atoms with Crippen molar-refractivity contribution in [3.8, 4) is 0 Å². The number of aryl methyl sites for hydroxylation is 2. The van der Waals surface area contributed by atoms with Crippen molar-refractivity contribution in [2.45, 2.75) is 30.9 Å². The van der Waals surface area contributed by atoms with Crippen molar-refractivity contribution >= 4 is 46.9 Å². The van der Waals surface area contributed by atoms with Crippen molar-refractivity contribution < 1.29 is 18.8 Å². The Kier molecular flexibility index (Phi) is 9.71. The maximum absolute atomic E-state index is 14.4. The number of carbonyl (C=O) groups excluding carboxylic acids is 3. The van der Waals surface area contributed by atoms with Crippen LogP contribution < -0.4 is 16.0 Å². The SMILES string of the molecule is Cc1cccc(C)c1NC(=O)C(C)Sc1cccc(NC(=O)/C(=C/c2ccccc2F)NC(=O)c2ccccc2)c1. The van der Waals surface area contributed by atoms with Crippen LogP contribution in [-0.2, 0) is 9.59 Å². The fourth-order valence-electron chi connectivity index (χ4n) is 4.03. The van der Waals surface area contributed by atoms with E-state index in [1.807, 2.05) is 45.0 Å². The zero-order chi connectivity index (χ0) is 29.4. The average molecular weight is 568 g/mol. The van der Waals surface area contributed by atoms with Gasteiger partial charge < -0.3 is 16.0 Å². The van der Waals surface area contributed by atoms with E-state index in [4.69, 9.17) is 0 Å². The maximum atomic E-state index is 14.4. The normalized spacial score (nSPS) is 11.9. The van der Waals surface area contributed by atoms with Gasteiger partial charge in [0.15, 0.2) is 0 Å². The second-order valence-corrected chi connectivity index (χ2v) is 10.8. The lowest BCUT2D eigenvalue weighted by Crippen LogP contribution is -2.30. The molecule has 6 nitrogen and oxygen atoms in total. The molecule has 1 atom stereocenters. The highest BCUT2D eigenvalue weighted by atomic mass is 32.2. The lowest BCUT2D eigenvalue weighted by atomic mass is 10.1. The van der Waals surface area contributed by atoms with Gasteiger partial charge in [-0.25, -0.2) is 4.39 Å². The minimum absolute atomic E-state index is 0.122. The summed E-state index contributed by atoms with van der Waals surface area (Å²) in [5.41, 5.74) is 3.61. The summed E-state index contributed by atoms with van der Waals surface area (Å²) >= 11 is 1.35. The van der Waals surface area contributed by atoms with E-state index in [9.17, 15) is 18.8 Å². The van der Waals surface area contributed by atoms with Crippen LogP contribution in [0.4, 0.5) is 15.8 Å². The summed E-state index contributed by atoms with van der Waals surface area (Å²) < 4.78 is 14.4. The molecule has 0 aliphatic carbocycles. The molecule has 0 radical (unpaired) electrons. The summed E-state index contributed by atoms with van der Waals surface area (Å²) in [6, 6.07) is 27.3. The second kappa shape index (κ2) is 13.6. The summed E-state index contributed by atoms with van der Waals surface area (Å²) in [7, 11) is 0. The van der Waals surface area contributed by atoms with Gasteiger partial charge in [0.05, 0.1) is 5.25 Å². The van der Waals surface area contributed by atoms with Gasteiger partial charge in [0.25, 0.3) is 11.8 Å². The van der Waals surface area contributed by atoms with Crippen LogP contribution in [0.2, 0.25) is 0 Å². The van der Waals surface area contributed by atoms with Crippen molar-refractivity contribution in [2.75, 3.05) is 10.6 Å². The van der Waals surface area contributed by atoms with E-state index in [0.717, 1.165) is 21.7 Å². The van der Waals surface area contributed by atoms with Crippen LogP contribution in [0.3, 0.4) is 0 Å². The molecule has 0 saturated carbocycles. The van der Waals surface area contributed by atoms with Crippen LogP contribution >= 0.6 is 11.8 Å². The molecule has 3 amide bonds. The molecule has 0 aliphatic rings. The van der Waals surface area contributed by atoms with E-state index >= 15 is 0 Å². The molecule has 4 aromatic carbocycles. The Morgan fingerprint density at radius 3 is 2.17 bits per heavy atom. The van der Waals surface area contributed by atoms with Crippen LogP contribution in [0.25, 0.3) is 6.08 Å². The summed E-state index contributed by atoms with van der Waals surface area (Å²) in [5, 5.41) is 7.98. The summed E-state index contributed by atoms with van der Waals surface area (Å²) in [5.74, 6) is -1.80. The molecular formula is C33H30FN3O3S. The largest absolute Gasteiger partial charge is 0.325 e. The minimum Gasteiger partial charge on any atom is -0.325 e. The van der Waals surface area contributed by atoms with E-state index in [1.54, 1.807) is 60.7 Å². The Morgan fingerprint density at radius 2 is 1.46 bits per heavy atom. The third kappa shape index (κ3) is 7.93. The molecule has 41 heavy (non-hydrogen) atoms. The number of rotatable bonds is 9. The first kappa shape index (κ1) is 29.3. The maximum Gasteiger partial charge on any atom is 0.272 e.